The van der Waals surface area contributed by atoms with E-state index >= 15 is 0 Å². The monoisotopic (exact) mass is 370 g/mol. The van der Waals surface area contributed by atoms with Crippen LogP contribution >= 0.6 is 0 Å². The zero-order valence-electron chi connectivity index (χ0n) is 15.0. The zero-order valence-corrected chi connectivity index (χ0v) is 15.0. The van der Waals surface area contributed by atoms with Crippen LogP contribution in [0.2, 0.25) is 0 Å². The van der Waals surface area contributed by atoms with Gasteiger partial charge in [0.2, 0.25) is 11.7 Å². The molecule has 0 atom stereocenters. The van der Waals surface area contributed by atoms with Crippen LogP contribution in [0.4, 0.5) is 11.5 Å². The first-order valence-corrected chi connectivity index (χ1v) is 9.17. The van der Waals surface area contributed by atoms with E-state index in [4.69, 9.17) is 9.26 Å². The SMILES string of the molecule is O=C(NCc1ccc(N2CCCC2=O)cc1)c1cc(N2CCOCC2)no1. The Morgan fingerprint density at radius 2 is 1.93 bits per heavy atom. The molecule has 8 nitrogen and oxygen atoms in total. The first kappa shape index (κ1) is 17.5. The number of nitrogens with zero attached hydrogens (tertiary/aromatic N) is 3. The normalized spacial score (nSPS) is 17.4. The van der Waals surface area contributed by atoms with Crippen LogP contribution in [0.25, 0.3) is 0 Å². The number of amides is 2. The molecule has 0 saturated carbocycles. The zero-order chi connectivity index (χ0) is 18.6. The molecule has 0 bridgehead atoms. The summed E-state index contributed by atoms with van der Waals surface area (Å²) in [5.41, 5.74) is 1.85. The van der Waals surface area contributed by atoms with E-state index in [1.807, 2.05) is 29.2 Å². The van der Waals surface area contributed by atoms with E-state index in [0.717, 1.165) is 37.3 Å². The van der Waals surface area contributed by atoms with Crippen molar-refractivity contribution in [3.8, 4) is 0 Å². The summed E-state index contributed by atoms with van der Waals surface area (Å²) in [5.74, 6) is 0.706. The van der Waals surface area contributed by atoms with E-state index in [9.17, 15) is 9.59 Å². The average Bonchev–Trinajstić information content (AvgIpc) is 3.37. The number of aromatic nitrogens is 1. The molecule has 0 aliphatic carbocycles. The average molecular weight is 370 g/mol. The number of rotatable bonds is 5. The highest BCUT2D eigenvalue weighted by molar-refractivity contribution is 5.95. The van der Waals surface area contributed by atoms with E-state index in [0.29, 0.717) is 32.0 Å². The highest BCUT2D eigenvalue weighted by Gasteiger charge is 2.21. The van der Waals surface area contributed by atoms with Crippen LogP contribution in [-0.4, -0.2) is 49.8 Å². The Balaban J connectivity index is 1.32. The minimum Gasteiger partial charge on any atom is -0.378 e. The van der Waals surface area contributed by atoms with Crippen molar-refractivity contribution < 1.29 is 18.8 Å². The van der Waals surface area contributed by atoms with Gasteiger partial charge in [0.1, 0.15) is 0 Å². The summed E-state index contributed by atoms with van der Waals surface area (Å²) in [6.07, 6.45) is 1.52. The molecule has 2 aliphatic heterocycles. The van der Waals surface area contributed by atoms with E-state index in [1.54, 1.807) is 11.0 Å². The van der Waals surface area contributed by atoms with Crippen LogP contribution in [0.3, 0.4) is 0 Å². The fraction of sp³-hybridized carbons (Fsp3) is 0.421. The Hall–Kier alpha value is -2.87. The predicted octanol–water partition coefficient (Wildman–Crippen LogP) is 1.57. The summed E-state index contributed by atoms with van der Waals surface area (Å²) in [5, 5.41) is 6.81. The van der Waals surface area contributed by atoms with Gasteiger partial charge in [0.25, 0.3) is 5.91 Å². The molecule has 2 aliphatic rings. The van der Waals surface area contributed by atoms with Gasteiger partial charge in [-0.3, -0.25) is 9.59 Å². The fourth-order valence-electron chi connectivity index (χ4n) is 3.30. The third-order valence-electron chi connectivity index (χ3n) is 4.83. The van der Waals surface area contributed by atoms with Gasteiger partial charge in [-0.05, 0) is 24.1 Å². The van der Waals surface area contributed by atoms with Gasteiger partial charge in [-0.15, -0.1) is 0 Å². The van der Waals surface area contributed by atoms with Gasteiger partial charge in [0.05, 0.1) is 13.2 Å². The number of hydrogen-bond donors (Lipinski definition) is 1. The van der Waals surface area contributed by atoms with Gasteiger partial charge in [0, 0.05) is 44.4 Å². The lowest BCUT2D eigenvalue weighted by Crippen LogP contribution is -2.36. The van der Waals surface area contributed by atoms with Crippen molar-refractivity contribution in [3.05, 3.63) is 41.7 Å². The molecule has 2 aromatic rings. The van der Waals surface area contributed by atoms with Crippen LogP contribution in [0, 0.1) is 0 Å². The third-order valence-corrected chi connectivity index (χ3v) is 4.83. The number of carbonyl (C=O) groups excluding carboxylic acids is 2. The second kappa shape index (κ2) is 7.79. The highest BCUT2D eigenvalue weighted by atomic mass is 16.5. The summed E-state index contributed by atoms with van der Waals surface area (Å²) in [6, 6.07) is 9.32. The van der Waals surface area contributed by atoms with Crippen LogP contribution in [0.5, 0.6) is 0 Å². The maximum absolute atomic E-state index is 12.3. The van der Waals surface area contributed by atoms with Gasteiger partial charge in [-0.2, -0.15) is 0 Å². The minimum absolute atomic E-state index is 0.164. The molecular formula is C19H22N4O4. The van der Waals surface area contributed by atoms with Crippen molar-refractivity contribution in [1.29, 1.82) is 0 Å². The molecule has 1 aromatic carbocycles. The van der Waals surface area contributed by atoms with Gasteiger partial charge in [0.15, 0.2) is 5.82 Å². The number of benzene rings is 1. The standard InChI is InChI=1S/C19H22N4O4/c24-18-2-1-7-23(18)15-5-3-14(4-6-15)13-20-19(25)16-12-17(21-27-16)22-8-10-26-11-9-22/h3-6,12H,1-2,7-11,13H2,(H,20,25). The van der Waals surface area contributed by atoms with Gasteiger partial charge >= 0.3 is 0 Å². The lowest BCUT2D eigenvalue weighted by Gasteiger charge is -2.25. The fourth-order valence-corrected chi connectivity index (χ4v) is 3.30. The van der Waals surface area contributed by atoms with Crippen LogP contribution in [-0.2, 0) is 16.1 Å². The maximum atomic E-state index is 12.3. The van der Waals surface area contributed by atoms with Crippen LogP contribution in [0.15, 0.2) is 34.9 Å². The molecule has 3 heterocycles. The van der Waals surface area contributed by atoms with E-state index in [-0.39, 0.29) is 17.6 Å². The Morgan fingerprint density at radius 1 is 1.15 bits per heavy atom. The molecule has 0 spiro atoms. The third kappa shape index (κ3) is 3.95. The van der Waals surface area contributed by atoms with E-state index in [2.05, 4.69) is 10.5 Å². The number of hydrogen-bond acceptors (Lipinski definition) is 6. The second-order valence-corrected chi connectivity index (χ2v) is 6.65. The number of carbonyl (C=O) groups is 2. The van der Waals surface area contributed by atoms with Crippen molar-refractivity contribution in [1.82, 2.24) is 10.5 Å². The Bertz CT molecular complexity index is 811. The molecule has 27 heavy (non-hydrogen) atoms. The summed E-state index contributed by atoms with van der Waals surface area (Å²) in [6.45, 7) is 3.91. The molecule has 0 unspecified atom stereocenters. The quantitative estimate of drug-likeness (QED) is 0.860. The molecule has 1 aromatic heterocycles. The molecule has 2 saturated heterocycles. The molecule has 142 valence electrons. The van der Waals surface area contributed by atoms with Gasteiger partial charge in [-0.25, -0.2) is 0 Å². The molecule has 0 radical (unpaired) electrons. The summed E-state index contributed by atoms with van der Waals surface area (Å²) < 4.78 is 10.5. The molecule has 2 amide bonds. The topological polar surface area (TPSA) is 87.9 Å². The summed E-state index contributed by atoms with van der Waals surface area (Å²) in [7, 11) is 0. The number of morpholine rings is 1. The summed E-state index contributed by atoms with van der Waals surface area (Å²) in [4.78, 5) is 27.9. The second-order valence-electron chi connectivity index (χ2n) is 6.65. The maximum Gasteiger partial charge on any atom is 0.290 e. The largest absolute Gasteiger partial charge is 0.378 e. The van der Waals surface area contributed by atoms with Crippen molar-refractivity contribution in [2.24, 2.45) is 0 Å². The molecule has 8 heteroatoms. The Labute approximate surface area is 157 Å². The Morgan fingerprint density at radius 3 is 2.63 bits per heavy atom. The van der Waals surface area contributed by atoms with Crippen molar-refractivity contribution >= 4 is 23.3 Å². The number of anilines is 2. The highest BCUT2D eigenvalue weighted by Crippen LogP contribution is 2.21. The lowest BCUT2D eigenvalue weighted by atomic mass is 10.2. The summed E-state index contributed by atoms with van der Waals surface area (Å²) >= 11 is 0. The predicted molar refractivity (Wildman–Crippen MR) is 98.7 cm³/mol. The van der Waals surface area contributed by atoms with Crippen LogP contribution in [0.1, 0.15) is 29.0 Å². The minimum atomic E-state index is -0.305. The lowest BCUT2D eigenvalue weighted by molar-refractivity contribution is -0.117. The van der Waals surface area contributed by atoms with Crippen molar-refractivity contribution in [2.45, 2.75) is 19.4 Å². The Kier molecular flexibility index (Phi) is 5.06. The molecular weight excluding hydrogens is 348 g/mol. The van der Waals surface area contributed by atoms with Crippen LogP contribution < -0.4 is 15.1 Å². The van der Waals surface area contributed by atoms with Gasteiger partial charge in [-0.1, -0.05) is 17.3 Å². The van der Waals surface area contributed by atoms with E-state index in [1.165, 1.54) is 0 Å². The molecule has 2 fully saturated rings. The van der Waals surface area contributed by atoms with E-state index < -0.39 is 0 Å². The van der Waals surface area contributed by atoms with Gasteiger partial charge < -0.3 is 24.4 Å². The first-order chi connectivity index (χ1) is 13.2. The number of ether oxygens (including phenoxy) is 1. The smallest absolute Gasteiger partial charge is 0.290 e. The number of nitrogens with one attached hydrogen (secondary N) is 1. The first-order valence-electron chi connectivity index (χ1n) is 9.17. The van der Waals surface area contributed by atoms with Crippen molar-refractivity contribution in [2.75, 3.05) is 42.6 Å². The molecule has 1 N–H and O–H groups in total. The molecule has 4 rings (SSSR count). The van der Waals surface area contributed by atoms with Crippen molar-refractivity contribution in [3.63, 3.8) is 0 Å².